The van der Waals surface area contributed by atoms with Crippen LogP contribution in [0, 0.1) is 0 Å². The highest BCUT2D eigenvalue weighted by molar-refractivity contribution is 7.36. The van der Waals surface area contributed by atoms with Crippen molar-refractivity contribution in [2.24, 2.45) is 0 Å². The fraction of sp³-hybridized carbons (Fsp3) is 0. The Labute approximate surface area is 316 Å². The van der Waals surface area contributed by atoms with Gasteiger partial charge in [-0.1, -0.05) is 166 Å². The first-order valence-electron chi connectivity index (χ1n) is 17.9. The van der Waals surface area contributed by atoms with E-state index < -0.39 is 8.60 Å². The average Bonchev–Trinajstić information content (AvgIpc) is 3.23. The quantitative estimate of drug-likeness (QED) is 0.147. The fourth-order valence-electron chi connectivity index (χ4n) is 7.55. The maximum atomic E-state index is 12.4. The topological polar surface area (TPSA) is 55.3 Å². The van der Waals surface area contributed by atoms with Crippen LogP contribution in [0.15, 0.2) is 200 Å². The van der Waals surface area contributed by atoms with Crippen molar-refractivity contribution in [3.05, 3.63) is 200 Å². The molecule has 0 fully saturated rings. The molecule has 0 atom stereocenters. The second kappa shape index (κ2) is 14.6. The monoisotopic (exact) mass is 712 g/mol. The molecule has 0 aliphatic heterocycles. The van der Waals surface area contributed by atoms with Crippen LogP contribution in [0.3, 0.4) is 0 Å². The van der Waals surface area contributed by atoms with E-state index in [-0.39, 0.29) is 5.75 Å². The van der Waals surface area contributed by atoms with Crippen molar-refractivity contribution in [3.8, 4) is 72.5 Å². The van der Waals surface area contributed by atoms with Gasteiger partial charge in [0.2, 0.25) is 0 Å². The van der Waals surface area contributed by atoms with Crippen LogP contribution in [0.25, 0.3) is 88.3 Å². The van der Waals surface area contributed by atoms with Crippen LogP contribution in [0.1, 0.15) is 0 Å². The van der Waals surface area contributed by atoms with E-state index in [0.29, 0.717) is 5.56 Å². The van der Waals surface area contributed by atoms with Crippen LogP contribution in [0.4, 0.5) is 0 Å². The SMILES string of the molecule is [O-]P([O-])Oc1cccc(-c2cc3ccc(-c4ccccc4)cc3cc2-c2ccccc2)c1-c1cc2ccc(-c3ccccc3)cc2cc1-c1ccccc1. The van der Waals surface area contributed by atoms with Crippen LogP contribution in [-0.2, 0) is 0 Å². The molecule has 3 nitrogen and oxygen atoms in total. The van der Waals surface area contributed by atoms with Crippen molar-refractivity contribution < 1.29 is 14.3 Å². The summed E-state index contributed by atoms with van der Waals surface area (Å²) in [5.41, 5.74) is 12.1. The molecule has 0 amide bonds. The molecule has 0 aliphatic carbocycles. The lowest BCUT2D eigenvalue weighted by atomic mass is 9.84. The molecule has 258 valence electrons. The van der Waals surface area contributed by atoms with Gasteiger partial charge in [0.15, 0.2) is 0 Å². The van der Waals surface area contributed by atoms with Gasteiger partial charge in [-0.25, -0.2) is 0 Å². The standard InChI is InChI=1S/C50H33O3P/c51-54(52)53-49-23-13-22-44(47-30-40-26-24-38(34-14-5-1-6-15-34)28-42(40)32-45(47)36-18-9-3-10-19-36)50(49)48-31-41-27-25-39(35-16-7-2-8-17-35)29-43(41)33-46(48)37-20-11-4-12-21-37/h1-33H/q-2. The molecule has 0 N–H and O–H groups in total. The van der Waals surface area contributed by atoms with Crippen molar-refractivity contribution in [3.63, 3.8) is 0 Å². The lowest BCUT2D eigenvalue weighted by molar-refractivity contribution is -0.310. The zero-order chi connectivity index (χ0) is 36.4. The summed E-state index contributed by atoms with van der Waals surface area (Å²) in [6, 6.07) is 69.0. The van der Waals surface area contributed by atoms with E-state index >= 15 is 0 Å². The van der Waals surface area contributed by atoms with Gasteiger partial charge in [-0.15, -0.1) is 0 Å². The molecule has 0 radical (unpaired) electrons. The third kappa shape index (κ3) is 6.58. The smallest absolute Gasteiger partial charge is 0.128 e. The summed E-state index contributed by atoms with van der Waals surface area (Å²) < 4.78 is 5.69. The Kier molecular flexibility index (Phi) is 9.04. The van der Waals surface area contributed by atoms with E-state index in [1.165, 1.54) is 0 Å². The number of fused-ring (bicyclic) bond motifs is 2. The van der Waals surface area contributed by atoms with Gasteiger partial charge in [-0.05, 0) is 125 Å². The molecular weight excluding hydrogens is 680 g/mol. The highest BCUT2D eigenvalue weighted by atomic mass is 31.2. The maximum absolute atomic E-state index is 12.4. The lowest BCUT2D eigenvalue weighted by Crippen LogP contribution is -2.13. The van der Waals surface area contributed by atoms with Gasteiger partial charge < -0.3 is 14.3 Å². The number of hydrogen-bond acceptors (Lipinski definition) is 3. The van der Waals surface area contributed by atoms with Crippen molar-refractivity contribution in [2.75, 3.05) is 0 Å². The Morgan fingerprint density at radius 2 is 0.722 bits per heavy atom. The molecule has 54 heavy (non-hydrogen) atoms. The van der Waals surface area contributed by atoms with Crippen LogP contribution in [-0.4, -0.2) is 0 Å². The molecule has 0 unspecified atom stereocenters. The number of rotatable bonds is 8. The maximum Gasteiger partial charge on any atom is 0.128 e. The van der Waals surface area contributed by atoms with Crippen LogP contribution < -0.4 is 14.3 Å². The Morgan fingerprint density at radius 3 is 1.20 bits per heavy atom. The van der Waals surface area contributed by atoms with Crippen molar-refractivity contribution >= 4 is 30.1 Å². The molecule has 9 aromatic rings. The van der Waals surface area contributed by atoms with Gasteiger partial charge in [0.25, 0.3) is 0 Å². The summed E-state index contributed by atoms with van der Waals surface area (Å²) in [5.74, 6) is 0.277. The Morgan fingerprint density at radius 1 is 0.296 bits per heavy atom. The second-order valence-corrected chi connectivity index (χ2v) is 14.0. The minimum Gasteiger partial charge on any atom is -0.810 e. The summed E-state index contributed by atoms with van der Waals surface area (Å²) in [5, 5.41) is 4.30. The predicted molar refractivity (Wildman–Crippen MR) is 222 cm³/mol. The third-order valence-corrected chi connectivity index (χ3v) is 10.4. The van der Waals surface area contributed by atoms with Gasteiger partial charge in [0, 0.05) is 5.56 Å². The Bertz CT molecular complexity index is 2750. The highest BCUT2D eigenvalue weighted by Gasteiger charge is 2.21. The Balaban J connectivity index is 1.33. The highest BCUT2D eigenvalue weighted by Crippen LogP contribution is 2.49. The van der Waals surface area contributed by atoms with Crippen molar-refractivity contribution in [2.45, 2.75) is 0 Å². The average molecular weight is 713 g/mol. The minimum absolute atomic E-state index is 0.277. The van der Waals surface area contributed by atoms with Gasteiger partial charge in [-0.2, -0.15) is 0 Å². The fourth-order valence-corrected chi connectivity index (χ4v) is 7.86. The summed E-state index contributed by atoms with van der Waals surface area (Å²) in [7, 11) is -3.20. The molecule has 9 rings (SSSR count). The number of benzene rings is 9. The van der Waals surface area contributed by atoms with Crippen molar-refractivity contribution in [1.29, 1.82) is 0 Å². The normalized spacial score (nSPS) is 11.3. The Hall–Kier alpha value is -6.35. The first-order valence-corrected chi connectivity index (χ1v) is 19.0. The van der Waals surface area contributed by atoms with Crippen LogP contribution >= 0.6 is 8.60 Å². The van der Waals surface area contributed by atoms with Crippen LogP contribution in [0.2, 0.25) is 0 Å². The summed E-state index contributed by atoms with van der Waals surface area (Å²) in [6.07, 6.45) is 0. The minimum atomic E-state index is -3.20. The molecule has 0 spiro atoms. The van der Waals surface area contributed by atoms with E-state index in [0.717, 1.165) is 82.7 Å². The first kappa shape index (κ1) is 33.5. The van der Waals surface area contributed by atoms with E-state index in [4.69, 9.17) is 4.52 Å². The zero-order valence-electron chi connectivity index (χ0n) is 29.2. The lowest BCUT2D eigenvalue weighted by Gasteiger charge is -2.32. The molecule has 4 heteroatoms. The molecule has 0 saturated carbocycles. The molecule has 0 aliphatic rings. The van der Waals surface area contributed by atoms with E-state index in [2.05, 4.69) is 140 Å². The third-order valence-electron chi connectivity index (χ3n) is 10.1. The molecule has 0 bridgehead atoms. The van der Waals surface area contributed by atoms with Gasteiger partial charge in [0.05, 0.1) is 0 Å². The van der Waals surface area contributed by atoms with Crippen molar-refractivity contribution in [1.82, 2.24) is 0 Å². The van der Waals surface area contributed by atoms with Gasteiger partial charge in [-0.3, -0.25) is 0 Å². The number of hydrogen-bond donors (Lipinski definition) is 0. The molecular formula is C50H33O3P-2. The summed E-state index contributed by atoms with van der Waals surface area (Å²) >= 11 is 0. The zero-order valence-corrected chi connectivity index (χ0v) is 30.1. The van der Waals surface area contributed by atoms with Gasteiger partial charge in [0.1, 0.15) is 5.75 Å². The molecule has 0 heterocycles. The first-order chi connectivity index (χ1) is 26.6. The van der Waals surface area contributed by atoms with E-state index in [9.17, 15) is 9.79 Å². The van der Waals surface area contributed by atoms with E-state index in [1.807, 2.05) is 54.6 Å². The molecule has 0 aromatic heterocycles. The summed E-state index contributed by atoms with van der Waals surface area (Å²) in [4.78, 5) is 24.7. The molecule has 0 saturated heterocycles. The van der Waals surface area contributed by atoms with E-state index in [1.54, 1.807) is 6.07 Å². The largest absolute Gasteiger partial charge is 0.810 e. The molecule has 9 aromatic carbocycles. The predicted octanol–water partition coefficient (Wildman–Crippen LogP) is 12.3. The van der Waals surface area contributed by atoms with Crippen LogP contribution in [0.5, 0.6) is 5.75 Å². The summed E-state index contributed by atoms with van der Waals surface area (Å²) in [6.45, 7) is 0. The van der Waals surface area contributed by atoms with Gasteiger partial charge >= 0.3 is 0 Å². The second-order valence-electron chi connectivity index (χ2n) is 13.4.